The van der Waals surface area contributed by atoms with Gasteiger partial charge in [-0.25, -0.2) is 13.4 Å². The first-order valence-electron chi connectivity index (χ1n) is 5.68. The van der Waals surface area contributed by atoms with Crippen LogP contribution in [0.4, 0.5) is 0 Å². The second-order valence-corrected chi connectivity index (χ2v) is 6.32. The SMILES string of the molecule is CS(=O)(=O)c1ccc(-c2cccc3ncoc23)cc1. The molecule has 0 saturated heterocycles. The van der Waals surface area contributed by atoms with Gasteiger partial charge in [0.05, 0.1) is 4.90 Å². The van der Waals surface area contributed by atoms with E-state index in [0.717, 1.165) is 16.6 Å². The van der Waals surface area contributed by atoms with Crippen molar-refractivity contribution < 1.29 is 12.8 Å². The lowest BCUT2D eigenvalue weighted by Gasteiger charge is -2.03. The topological polar surface area (TPSA) is 60.2 Å². The monoisotopic (exact) mass is 273 g/mol. The quantitative estimate of drug-likeness (QED) is 0.720. The Labute approximate surface area is 110 Å². The van der Waals surface area contributed by atoms with Gasteiger partial charge < -0.3 is 4.42 Å². The maximum atomic E-state index is 11.4. The van der Waals surface area contributed by atoms with Crippen molar-refractivity contribution in [3.05, 3.63) is 48.9 Å². The Morgan fingerprint density at radius 2 is 1.79 bits per heavy atom. The first-order valence-corrected chi connectivity index (χ1v) is 7.57. The molecule has 0 saturated carbocycles. The third-order valence-electron chi connectivity index (χ3n) is 2.95. The summed E-state index contributed by atoms with van der Waals surface area (Å²) in [6, 6.07) is 12.4. The largest absolute Gasteiger partial charge is 0.443 e. The number of benzene rings is 2. The number of aromatic nitrogens is 1. The van der Waals surface area contributed by atoms with Crippen LogP contribution in [0.3, 0.4) is 0 Å². The van der Waals surface area contributed by atoms with Crippen LogP contribution in [0.1, 0.15) is 0 Å². The fourth-order valence-corrected chi connectivity index (χ4v) is 2.63. The fourth-order valence-electron chi connectivity index (χ4n) is 2.00. The highest BCUT2D eigenvalue weighted by molar-refractivity contribution is 7.90. The number of oxazole rings is 1. The van der Waals surface area contributed by atoms with Crippen molar-refractivity contribution in [1.82, 2.24) is 4.98 Å². The van der Waals surface area contributed by atoms with Crippen molar-refractivity contribution in [2.45, 2.75) is 4.90 Å². The molecule has 0 spiro atoms. The van der Waals surface area contributed by atoms with Crippen LogP contribution in [-0.4, -0.2) is 19.7 Å². The third kappa shape index (κ3) is 2.13. The van der Waals surface area contributed by atoms with Crippen LogP contribution >= 0.6 is 0 Å². The summed E-state index contributed by atoms with van der Waals surface area (Å²) in [6.07, 6.45) is 2.60. The molecule has 2 aromatic carbocycles. The zero-order valence-electron chi connectivity index (χ0n) is 10.2. The third-order valence-corrected chi connectivity index (χ3v) is 4.08. The van der Waals surface area contributed by atoms with Crippen LogP contribution < -0.4 is 0 Å². The van der Waals surface area contributed by atoms with Gasteiger partial charge in [0.25, 0.3) is 0 Å². The Morgan fingerprint density at radius 3 is 2.47 bits per heavy atom. The van der Waals surface area contributed by atoms with E-state index in [9.17, 15) is 8.42 Å². The highest BCUT2D eigenvalue weighted by Crippen LogP contribution is 2.28. The summed E-state index contributed by atoms with van der Waals surface area (Å²) in [7, 11) is -3.17. The molecule has 0 fully saturated rings. The van der Waals surface area contributed by atoms with Crippen LogP contribution in [0.5, 0.6) is 0 Å². The van der Waals surface area contributed by atoms with Crippen LogP contribution in [0, 0.1) is 0 Å². The summed E-state index contributed by atoms with van der Waals surface area (Å²) in [5.74, 6) is 0. The van der Waals surface area contributed by atoms with Crippen LogP contribution in [0.25, 0.3) is 22.2 Å². The predicted molar refractivity (Wildman–Crippen MR) is 72.6 cm³/mol. The molecule has 0 radical (unpaired) electrons. The van der Waals surface area contributed by atoms with Gasteiger partial charge in [-0.1, -0.05) is 24.3 Å². The number of rotatable bonds is 2. The molecule has 19 heavy (non-hydrogen) atoms. The molecule has 0 unspecified atom stereocenters. The lowest BCUT2D eigenvalue weighted by atomic mass is 10.1. The zero-order chi connectivity index (χ0) is 13.5. The summed E-state index contributed by atoms with van der Waals surface area (Å²) in [5.41, 5.74) is 3.28. The Hall–Kier alpha value is -2.14. The summed E-state index contributed by atoms with van der Waals surface area (Å²) >= 11 is 0. The van der Waals surface area contributed by atoms with Gasteiger partial charge >= 0.3 is 0 Å². The average Bonchev–Trinajstić information content (AvgIpc) is 2.86. The second kappa shape index (κ2) is 4.20. The van der Waals surface area contributed by atoms with E-state index in [-0.39, 0.29) is 0 Å². The minimum Gasteiger partial charge on any atom is -0.443 e. The van der Waals surface area contributed by atoms with Crippen molar-refractivity contribution in [2.24, 2.45) is 0 Å². The molecular formula is C14H11NO3S. The number of fused-ring (bicyclic) bond motifs is 1. The Balaban J connectivity index is 2.15. The molecule has 0 N–H and O–H groups in total. The second-order valence-electron chi connectivity index (χ2n) is 4.30. The van der Waals surface area contributed by atoms with E-state index < -0.39 is 9.84 Å². The van der Waals surface area contributed by atoms with Gasteiger partial charge in [0.2, 0.25) is 0 Å². The van der Waals surface area contributed by atoms with E-state index in [1.807, 2.05) is 18.2 Å². The van der Waals surface area contributed by atoms with E-state index in [2.05, 4.69) is 4.98 Å². The number of nitrogens with zero attached hydrogens (tertiary/aromatic N) is 1. The van der Waals surface area contributed by atoms with E-state index in [0.29, 0.717) is 10.5 Å². The van der Waals surface area contributed by atoms with Gasteiger partial charge in [0, 0.05) is 11.8 Å². The van der Waals surface area contributed by atoms with Crippen LogP contribution in [-0.2, 0) is 9.84 Å². The molecule has 96 valence electrons. The van der Waals surface area contributed by atoms with Gasteiger partial charge in [-0.05, 0) is 23.8 Å². The highest BCUT2D eigenvalue weighted by atomic mass is 32.2. The first-order chi connectivity index (χ1) is 9.05. The number of sulfone groups is 1. The molecule has 1 heterocycles. The molecule has 0 amide bonds. The smallest absolute Gasteiger partial charge is 0.182 e. The summed E-state index contributed by atoms with van der Waals surface area (Å²) in [5, 5.41) is 0. The molecule has 1 aromatic heterocycles. The minimum absolute atomic E-state index is 0.306. The van der Waals surface area contributed by atoms with Crippen molar-refractivity contribution in [1.29, 1.82) is 0 Å². The lowest BCUT2D eigenvalue weighted by molar-refractivity contribution is 0.602. The molecule has 3 aromatic rings. The first kappa shape index (κ1) is 11.9. The van der Waals surface area contributed by atoms with Crippen molar-refractivity contribution >= 4 is 20.9 Å². The van der Waals surface area contributed by atoms with Crippen molar-refractivity contribution in [3.63, 3.8) is 0 Å². The molecule has 4 nitrogen and oxygen atoms in total. The minimum atomic E-state index is -3.17. The molecule has 0 aliphatic heterocycles. The van der Waals surface area contributed by atoms with Gasteiger partial charge in [-0.2, -0.15) is 0 Å². The van der Waals surface area contributed by atoms with E-state index in [1.165, 1.54) is 12.6 Å². The van der Waals surface area contributed by atoms with E-state index in [1.54, 1.807) is 24.3 Å². The number of para-hydroxylation sites is 1. The van der Waals surface area contributed by atoms with Gasteiger partial charge in [-0.3, -0.25) is 0 Å². The highest BCUT2D eigenvalue weighted by Gasteiger charge is 2.10. The van der Waals surface area contributed by atoms with Crippen molar-refractivity contribution in [3.8, 4) is 11.1 Å². The standard InChI is InChI=1S/C14H11NO3S/c1-19(16,17)11-7-5-10(6-8-11)12-3-2-4-13-14(12)18-9-15-13/h2-9H,1H3. The normalized spacial score (nSPS) is 11.8. The maximum Gasteiger partial charge on any atom is 0.182 e. The van der Waals surface area contributed by atoms with Crippen molar-refractivity contribution in [2.75, 3.05) is 6.26 Å². The summed E-state index contributed by atoms with van der Waals surface area (Å²) in [6.45, 7) is 0. The molecule has 0 aliphatic carbocycles. The Kier molecular flexibility index (Phi) is 2.64. The van der Waals surface area contributed by atoms with Gasteiger partial charge in [0.1, 0.15) is 5.52 Å². The molecular weight excluding hydrogens is 262 g/mol. The molecule has 0 aliphatic rings. The predicted octanol–water partition coefficient (Wildman–Crippen LogP) is 2.90. The fraction of sp³-hybridized carbons (Fsp3) is 0.0714. The molecule has 3 rings (SSSR count). The number of hydrogen-bond donors (Lipinski definition) is 0. The molecule has 0 bridgehead atoms. The van der Waals surface area contributed by atoms with Gasteiger partial charge in [0.15, 0.2) is 21.8 Å². The van der Waals surface area contributed by atoms with Crippen LogP contribution in [0.2, 0.25) is 0 Å². The average molecular weight is 273 g/mol. The Bertz CT molecular complexity index is 833. The lowest BCUT2D eigenvalue weighted by Crippen LogP contribution is -1.96. The summed E-state index contributed by atoms with van der Waals surface area (Å²) < 4.78 is 28.2. The maximum absolute atomic E-state index is 11.4. The molecule has 5 heteroatoms. The number of hydrogen-bond acceptors (Lipinski definition) is 4. The van der Waals surface area contributed by atoms with E-state index >= 15 is 0 Å². The van der Waals surface area contributed by atoms with Gasteiger partial charge in [-0.15, -0.1) is 0 Å². The summed E-state index contributed by atoms with van der Waals surface area (Å²) in [4.78, 5) is 4.41. The Morgan fingerprint density at radius 1 is 1.05 bits per heavy atom. The van der Waals surface area contributed by atoms with E-state index in [4.69, 9.17) is 4.42 Å². The van der Waals surface area contributed by atoms with Crippen LogP contribution in [0.15, 0.2) is 58.2 Å². The zero-order valence-corrected chi connectivity index (χ0v) is 11.0. The molecule has 0 atom stereocenters.